The molecule has 4 nitrogen and oxygen atoms in total. The maximum Gasteiger partial charge on any atom is 0.235 e. The lowest BCUT2D eigenvalue weighted by Crippen LogP contribution is -2.60. The fraction of sp³-hybridized carbons (Fsp3) is 0.333. The van der Waals surface area contributed by atoms with E-state index in [9.17, 15) is 9.59 Å². The number of amides is 1. The van der Waals surface area contributed by atoms with Gasteiger partial charge >= 0.3 is 0 Å². The number of benzene rings is 2. The number of ether oxygens (including phenoxy) is 1. The van der Waals surface area contributed by atoms with Crippen molar-refractivity contribution in [1.29, 1.82) is 0 Å². The highest BCUT2D eigenvalue weighted by molar-refractivity contribution is 5.97. The van der Waals surface area contributed by atoms with Crippen molar-refractivity contribution >= 4 is 17.9 Å². The van der Waals surface area contributed by atoms with Gasteiger partial charge in [-0.15, -0.1) is 0 Å². The van der Waals surface area contributed by atoms with E-state index in [0.717, 1.165) is 23.1 Å². The first-order valence-corrected chi connectivity index (χ1v) is 9.72. The molecule has 146 valence electrons. The molecule has 0 aromatic heterocycles. The maximum atomic E-state index is 13.6. The molecular formula is C24H27NO3. The molecule has 2 atom stereocenters. The Balaban J connectivity index is 2.00. The van der Waals surface area contributed by atoms with Crippen LogP contribution in [0.25, 0.3) is 0 Å². The van der Waals surface area contributed by atoms with Gasteiger partial charge in [-0.25, -0.2) is 0 Å². The van der Waals surface area contributed by atoms with Gasteiger partial charge in [-0.05, 0) is 44.0 Å². The van der Waals surface area contributed by atoms with Crippen molar-refractivity contribution in [3.63, 3.8) is 0 Å². The molecule has 1 saturated heterocycles. The van der Waals surface area contributed by atoms with Gasteiger partial charge < -0.3 is 9.53 Å². The predicted octanol–water partition coefficient (Wildman–Crippen LogP) is 4.55. The third kappa shape index (κ3) is 4.39. The Morgan fingerprint density at radius 2 is 1.75 bits per heavy atom. The number of para-hydroxylation sites is 1. The predicted molar refractivity (Wildman–Crippen MR) is 111 cm³/mol. The molecular weight excluding hydrogens is 350 g/mol. The second kappa shape index (κ2) is 8.98. The Labute approximate surface area is 166 Å². The zero-order chi connectivity index (χ0) is 20.0. The number of carbonyl (C=O) groups excluding carboxylic acids is 2. The number of allylic oxidation sites excluding steroid dienone is 1. The molecule has 0 saturated carbocycles. The number of anilines is 1. The third-order valence-corrected chi connectivity index (χ3v) is 4.96. The minimum Gasteiger partial charge on any atom is -0.351 e. The Kier molecular flexibility index (Phi) is 6.42. The summed E-state index contributed by atoms with van der Waals surface area (Å²) >= 11 is 0. The van der Waals surface area contributed by atoms with Crippen LogP contribution in [0.5, 0.6) is 0 Å². The monoisotopic (exact) mass is 377 g/mol. The molecule has 0 bridgehead atoms. The van der Waals surface area contributed by atoms with Crippen molar-refractivity contribution in [1.82, 2.24) is 0 Å². The fourth-order valence-corrected chi connectivity index (χ4v) is 3.80. The summed E-state index contributed by atoms with van der Waals surface area (Å²) in [5.41, 5.74) is 2.00. The molecule has 2 aromatic carbocycles. The van der Waals surface area contributed by atoms with Crippen LogP contribution in [0.4, 0.5) is 5.69 Å². The summed E-state index contributed by atoms with van der Waals surface area (Å²) in [4.78, 5) is 26.5. The molecule has 1 fully saturated rings. The van der Waals surface area contributed by atoms with Crippen LogP contribution >= 0.6 is 0 Å². The van der Waals surface area contributed by atoms with Gasteiger partial charge in [0.2, 0.25) is 5.91 Å². The highest BCUT2D eigenvalue weighted by Gasteiger charge is 2.46. The molecule has 0 aliphatic carbocycles. The molecule has 2 unspecified atom stereocenters. The highest BCUT2D eigenvalue weighted by atomic mass is 16.5. The van der Waals surface area contributed by atoms with Gasteiger partial charge in [0.05, 0.1) is 12.5 Å². The van der Waals surface area contributed by atoms with E-state index in [1.165, 1.54) is 0 Å². The summed E-state index contributed by atoms with van der Waals surface area (Å²) in [6.07, 6.45) is 4.24. The van der Waals surface area contributed by atoms with Crippen LogP contribution in [0.2, 0.25) is 0 Å². The molecule has 0 N–H and O–H groups in total. The van der Waals surface area contributed by atoms with Crippen molar-refractivity contribution in [3.8, 4) is 0 Å². The summed E-state index contributed by atoms with van der Waals surface area (Å²) < 4.78 is 6.37. The van der Waals surface area contributed by atoms with E-state index in [4.69, 9.17) is 4.74 Å². The molecule has 0 spiro atoms. The molecule has 0 radical (unpaired) electrons. The normalized spacial score (nSPS) is 22.0. The van der Waals surface area contributed by atoms with Crippen LogP contribution in [0.3, 0.4) is 0 Å². The highest BCUT2D eigenvalue weighted by Crippen LogP contribution is 2.37. The van der Waals surface area contributed by atoms with Crippen molar-refractivity contribution in [2.45, 2.75) is 38.8 Å². The molecule has 1 aliphatic heterocycles. The van der Waals surface area contributed by atoms with Crippen LogP contribution in [0.1, 0.15) is 32.3 Å². The summed E-state index contributed by atoms with van der Waals surface area (Å²) in [6, 6.07) is 19.6. The van der Waals surface area contributed by atoms with Gasteiger partial charge in [-0.1, -0.05) is 54.1 Å². The van der Waals surface area contributed by atoms with Crippen LogP contribution in [-0.4, -0.2) is 24.5 Å². The Morgan fingerprint density at radius 1 is 1.11 bits per heavy atom. The lowest BCUT2D eigenvalue weighted by molar-refractivity contribution is -0.143. The SMILES string of the molecule is CC(C)=CC1(CCC=O)OCC(Cc2ccccc2)C(=O)N1c1ccccc1. The number of hydrogen-bond acceptors (Lipinski definition) is 3. The lowest BCUT2D eigenvalue weighted by atomic mass is 9.91. The van der Waals surface area contributed by atoms with E-state index in [0.29, 0.717) is 25.9 Å². The van der Waals surface area contributed by atoms with E-state index in [-0.39, 0.29) is 11.8 Å². The summed E-state index contributed by atoms with van der Waals surface area (Å²) in [5, 5.41) is 0. The summed E-state index contributed by atoms with van der Waals surface area (Å²) in [5.74, 6) is -0.234. The first-order valence-electron chi connectivity index (χ1n) is 9.72. The first kappa shape index (κ1) is 20.0. The minimum atomic E-state index is -0.939. The number of rotatable bonds is 7. The standard InChI is InChI=1S/C24H27NO3/c1-19(2)17-24(14-9-15-26)25(22-12-7-4-8-13-22)23(27)21(18-28-24)16-20-10-5-3-6-11-20/h3-8,10-13,15,17,21H,9,14,16,18H2,1-2H3. The van der Waals surface area contributed by atoms with Crippen LogP contribution in [0.15, 0.2) is 72.3 Å². The molecule has 1 heterocycles. The van der Waals surface area contributed by atoms with Crippen molar-refractivity contribution in [2.75, 3.05) is 11.5 Å². The molecule has 28 heavy (non-hydrogen) atoms. The average molecular weight is 377 g/mol. The number of hydrogen-bond donors (Lipinski definition) is 0. The topological polar surface area (TPSA) is 46.6 Å². The fourth-order valence-electron chi connectivity index (χ4n) is 3.80. The molecule has 1 amide bonds. The summed E-state index contributed by atoms with van der Waals surface area (Å²) in [6.45, 7) is 4.30. The number of aldehydes is 1. The van der Waals surface area contributed by atoms with E-state index in [1.54, 1.807) is 4.90 Å². The van der Waals surface area contributed by atoms with Gasteiger partial charge in [0.1, 0.15) is 6.29 Å². The van der Waals surface area contributed by atoms with E-state index in [1.807, 2.05) is 80.6 Å². The maximum absolute atomic E-state index is 13.6. The summed E-state index contributed by atoms with van der Waals surface area (Å²) in [7, 11) is 0. The van der Waals surface area contributed by atoms with Crippen LogP contribution < -0.4 is 4.90 Å². The Morgan fingerprint density at radius 3 is 2.36 bits per heavy atom. The van der Waals surface area contributed by atoms with Gasteiger partial charge in [0, 0.05) is 18.5 Å². The molecule has 2 aromatic rings. The van der Waals surface area contributed by atoms with E-state index in [2.05, 4.69) is 0 Å². The Bertz CT molecular complexity index is 827. The smallest absolute Gasteiger partial charge is 0.235 e. The number of carbonyl (C=O) groups is 2. The lowest BCUT2D eigenvalue weighted by Gasteiger charge is -2.47. The minimum absolute atomic E-state index is 0.0321. The van der Waals surface area contributed by atoms with Crippen LogP contribution in [-0.2, 0) is 20.7 Å². The molecule has 3 rings (SSSR count). The van der Waals surface area contributed by atoms with E-state index >= 15 is 0 Å². The Hall–Kier alpha value is -2.72. The average Bonchev–Trinajstić information content (AvgIpc) is 2.70. The van der Waals surface area contributed by atoms with Crippen LogP contribution in [0, 0.1) is 5.92 Å². The van der Waals surface area contributed by atoms with Gasteiger partial charge in [0.15, 0.2) is 5.72 Å². The van der Waals surface area contributed by atoms with Gasteiger partial charge in [-0.3, -0.25) is 9.69 Å². The van der Waals surface area contributed by atoms with Crippen molar-refractivity contribution < 1.29 is 14.3 Å². The molecule has 1 aliphatic rings. The second-order valence-corrected chi connectivity index (χ2v) is 7.48. The third-order valence-electron chi connectivity index (χ3n) is 4.96. The van der Waals surface area contributed by atoms with E-state index < -0.39 is 5.72 Å². The first-order chi connectivity index (χ1) is 13.6. The second-order valence-electron chi connectivity index (χ2n) is 7.48. The zero-order valence-corrected chi connectivity index (χ0v) is 16.5. The van der Waals surface area contributed by atoms with Gasteiger partial charge in [0.25, 0.3) is 0 Å². The van der Waals surface area contributed by atoms with Gasteiger partial charge in [-0.2, -0.15) is 0 Å². The largest absolute Gasteiger partial charge is 0.351 e. The van der Waals surface area contributed by atoms with Crippen molar-refractivity contribution in [2.24, 2.45) is 5.92 Å². The number of nitrogens with zero attached hydrogens (tertiary/aromatic N) is 1. The van der Waals surface area contributed by atoms with Crippen molar-refractivity contribution in [3.05, 3.63) is 77.9 Å². The molecule has 4 heteroatoms. The quantitative estimate of drug-likeness (QED) is 0.525. The zero-order valence-electron chi connectivity index (χ0n) is 16.5.